The topological polar surface area (TPSA) is 81.1 Å². The Balaban J connectivity index is 2.57. The third-order valence-electron chi connectivity index (χ3n) is 2.63. The molecule has 2 aromatic rings. The fourth-order valence-electron chi connectivity index (χ4n) is 1.74. The van der Waals surface area contributed by atoms with E-state index in [0.29, 0.717) is 0 Å². The lowest BCUT2D eigenvalue weighted by atomic mass is 10.1. The molecule has 0 aliphatic carbocycles. The maximum atomic E-state index is 13.2. The van der Waals surface area contributed by atoms with Crippen LogP contribution in [0.5, 0.6) is 0 Å². The van der Waals surface area contributed by atoms with Crippen LogP contribution in [0.4, 0.5) is 21.5 Å². The summed E-state index contributed by atoms with van der Waals surface area (Å²) in [5, 5.41) is 3.01. The van der Waals surface area contributed by atoms with E-state index in [1.807, 2.05) is 0 Å². The molecule has 110 valence electrons. The summed E-state index contributed by atoms with van der Waals surface area (Å²) in [6, 6.07) is 4.94. The fourth-order valence-corrected chi connectivity index (χ4v) is 2.57. The van der Waals surface area contributed by atoms with E-state index < -0.39 is 11.7 Å². The van der Waals surface area contributed by atoms with Gasteiger partial charge in [0.1, 0.15) is 5.82 Å². The van der Waals surface area contributed by atoms with Gasteiger partial charge in [-0.1, -0.05) is 34.8 Å². The molecule has 0 saturated carbocycles. The van der Waals surface area contributed by atoms with Crippen molar-refractivity contribution in [1.29, 1.82) is 0 Å². The summed E-state index contributed by atoms with van der Waals surface area (Å²) >= 11 is 17.9. The molecule has 0 aromatic heterocycles. The van der Waals surface area contributed by atoms with E-state index in [1.165, 1.54) is 12.1 Å². The van der Waals surface area contributed by atoms with Gasteiger partial charge in [0.25, 0.3) is 5.91 Å². The highest BCUT2D eigenvalue weighted by molar-refractivity contribution is 6.40. The number of nitrogens with two attached hydrogens (primary N) is 2. The minimum Gasteiger partial charge on any atom is -0.399 e. The van der Waals surface area contributed by atoms with Gasteiger partial charge in [0, 0.05) is 5.69 Å². The molecule has 0 spiro atoms. The van der Waals surface area contributed by atoms with E-state index in [4.69, 9.17) is 46.3 Å². The van der Waals surface area contributed by atoms with Crippen molar-refractivity contribution >= 4 is 57.8 Å². The molecule has 0 radical (unpaired) electrons. The molecule has 0 aliphatic rings. The zero-order valence-corrected chi connectivity index (χ0v) is 12.7. The molecule has 0 unspecified atom stereocenters. The first-order valence-corrected chi connectivity index (χ1v) is 6.73. The number of hydrogen-bond donors (Lipinski definition) is 3. The van der Waals surface area contributed by atoms with Gasteiger partial charge in [0.15, 0.2) is 0 Å². The summed E-state index contributed by atoms with van der Waals surface area (Å²) in [7, 11) is 0. The van der Waals surface area contributed by atoms with Crippen molar-refractivity contribution in [2.24, 2.45) is 5.73 Å². The van der Waals surface area contributed by atoms with Gasteiger partial charge in [0.2, 0.25) is 0 Å². The predicted molar refractivity (Wildman–Crippen MR) is 84.1 cm³/mol. The predicted octanol–water partition coefficient (Wildman–Crippen LogP) is 4.21. The quantitative estimate of drug-likeness (QED) is 0.727. The van der Waals surface area contributed by atoms with Gasteiger partial charge in [-0.05, 0) is 24.3 Å². The lowest BCUT2D eigenvalue weighted by molar-refractivity contribution is 0.100. The molecule has 21 heavy (non-hydrogen) atoms. The summed E-state index contributed by atoms with van der Waals surface area (Å²) in [6.07, 6.45) is 0. The van der Waals surface area contributed by atoms with Crippen LogP contribution in [0.15, 0.2) is 24.3 Å². The maximum Gasteiger partial charge on any atom is 0.250 e. The average Bonchev–Trinajstić information content (AvgIpc) is 2.34. The molecule has 0 aliphatic heterocycles. The Kier molecular flexibility index (Phi) is 4.46. The van der Waals surface area contributed by atoms with Crippen LogP contribution in [0.25, 0.3) is 0 Å². The highest BCUT2D eigenvalue weighted by atomic mass is 35.5. The number of rotatable bonds is 3. The molecule has 2 aromatic carbocycles. The van der Waals surface area contributed by atoms with Crippen LogP contribution in [-0.4, -0.2) is 5.91 Å². The molecule has 0 saturated heterocycles. The third-order valence-corrected chi connectivity index (χ3v) is 3.53. The lowest BCUT2D eigenvalue weighted by Crippen LogP contribution is -2.14. The first kappa shape index (κ1) is 15.7. The van der Waals surface area contributed by atoms with Crippen LogP contribution in [0.2, 0.25) is 15.1 Å². The van der Waals surface area contributed by atoms with Crippen molar-refractivity contribution in [3.05, 3.63) is 50.7 Å². The van der Waals surface area contributed by atoms with E-state index in [1.54, 1.807) is 0 Å². The zero-order chi connectivity index (χ0) is 15.7. The molecule has 0 fully saturated rings. The number of nitrogens with one attached hydrogen (secondary N) is 1. The van der Waals surface area contributed by atoms with Crippen LogP contribution in [0.3, 0.4) is 0 Å². The van der Waals surface area contributed by atoms with Crippen molar-refractivity contribution in [3.63, 3.8) is 0 Å². The highest BCUT2D eigenvalue weighted by Crippen LogP contribution is 2.38. The zero-order valence-electron chi connectivity index (χ0n) is 10.4. The largest absolute Gasteiger partial charge is 0.399 e. The van der Waals surface area contributed by atoms with Crippen LogP contribution in [0.1, 0.15) is 10.4 Å². The van der Waals surface area contributed by atoms with E-state index in [9.17, 15) is 9.18 Å². The Morgan fingerprint density at radius 1 is 1.00 bits per heavy atom. The summed E-state index contributed by atoms with van der Waals surface area (Å²) in [5.74, 6) is -1.32. The molecule has 0 bridgehead atoms. The molecule has 8 heteroatoms. The number of amides is 1. The van der Waals surface area contributed by atoms with Crippen molar-refractivity contribution in [1.82, 2.24) is 0 Å². The van der Waals surface area contributed by atoms with Crippen LogP contribution >= 0.6 is 34.8 Å². The highest BCUT2D eigenvalue weighted by Gasteiger charge is 2.17. The number of carbonyl (C=O) groups excluding carboxylic acids is 1. The minimum absolute atomic E-state index is 0.0308. The first-order chi connectivity index (χ1) is 9.79. The Hall–Kier alpha value is -1.69. The second-order valence-electron chi connectivity index (χ2n) is 4.16. The molecule has 0 heterocycles. The Labute approximate surface area is 134 Å². The van der Waals surface area contributed by atoms with Crippen molar-refractivity contribution in [2.45, 2.75) is 0 Å². The number of carbonyl (C=O) groups is 1. The van der Waals surface area contributed by atoms with Gasteiger partial charge in [0.05, 0.1) is 32.0 Å². The summed E-state index contributed by atoms with van der Waals surface area (Å²) in [6.45, 7) is 0. The standard InChI is InChI=1S/C13H9Cl3FN3O/c14-8-1-5(17)2-9(15)12(8)20-11-7(13(19)21)3-6(18)4-10(11)16/h1-4,20H,18H2,(H2,19,21). The molecular formula is C13H9Cl3FN3O. The molecule has 4 nitrogen and oxygen atoms in total. The van der Waals surface area contributed by atoms with E-state index >= 15 is 0 Å². The Morgan fingerprint density at radius 3 is 2.05 bits per heavy atom. The fraction of sp³-hybridized carbons (Fsp3) is 0. The smallest absolute Gasteiger partial charge is 0.250 e. The Bertz CT molecular complexity index is 714. The minimum atomic E-state index is -0.735. The summed E-state index contributed by atoms with van der Waals surface area (Å²) in [5.41, 5.74) is 11.6. The first-order valence-electron chi connectivity index (χ1n) is 5.60. The molecule has 5 N–H and O–H groups in total. The molecular weight excluding hydrogens is 340 g/mol. The number of hydrogen-bond acceptors (Lipinski definition) is 3. The average molecular weight is 349 g/mol. The normalized spacial score (nSPS) is 10.5. The van der Waals surface area contributed by atoms with E-state index in [2.05, 4.69) is 5.32 Å². The lowest BCUT2D eigenvalue weighted by Gasteiger charge is -2.15. The second-order valence-corrected chi connectivity index (χ2v) is 5.38. The molecule has 1 amide bonds. The van der Waals surface area contributed by atoms with Gasteiger partial charge < -0.3 is 16.8 Å². The summed E-state index contributed by atoms with van der Waals surface area (Å²) in [4.78, 5) is 11.5. The Morgan fingerprint density at radius 2 is 1.52 bits per heavy atom. The second kappa shape index (κ2) is 5.97. The number of anilines is 3. The number of benzene rings is 2. The van der Waals surface area contributed by atoms with Crippen LogP contribution in [0, 0.1) is 5.82 Å². The van der Waals surface area contributed by atoms with Crippen molar-refractivity contribution < 1.29 is 9.18 Å². The monoisotopic (exact) mass is 347 g/mol. The van der Waals surface area contributed by atoms with Crippen LogP contribution < -0.4 is 16.8 Å². The van der Waals surface area contributed by atoms with Gasteiger partial charge in [-0.15, -0.1) is 0 Å². The van der Waals surface area contributed by atoms with Gasteiger partial charge in [-0.2, -0.15) is 0 Å². The molecule has 0 atom stereocenters. The third kappa shape index (κ3) is 3.32. The number of primary amides is 1. The van der Waals surface area contributed by atoms with E-state index in [-0.39, 0.29) is 37.7 Å². The van der Waals surface area contributed by atoms with Crippen molar-refractivity contribution in [3.8, 4) is 0 Å². The van der Waals surface area contributed by atoms with Gasteiger partial charge >= 0.3 is 0 Å². The SMILES string of the molecule is NC(=O)c1cc(N)cc(Cl)c1Nc1c(Cl)cc(F)cc1Cl. The maximum absolute atomic E-state index is 13.2. The van der Waals surface area contributed by atoms with Gasteiger partial charge in [-0.3, -0.25) is 4.79 Å². The van der Waals surface area contributed by atoms with Gasteiger partial charge in [-0.25, -0.2) is 4.39 Å². The number of nitrogen functional groups attached to an aromatic ring is 1. The van der Waals surface area contributed by atoms with Crippen LogP contribution in [-0.2, 0) is 0 Å². The number of halogens is 4. The summed E-state index contributed by atoms with van der Waals surface area (Å²) < 4.78 is 13.2. The van der Waals surface area contributed by atoms with Crippen molar-refractivity contribution in [2.75, 3.05) is 11.1 Å². The van der Waals surface area contributed by atoms with E-state index in [0.717, 1.165) is 12.1 Å². The molecule has 2 rings (SSSR count).